The molecule has 3 rings (SSSR count). The van der Waals surface area contributed by atoms with Crippen molar-refractivity contribution in [3.8, 4) is 0 Å². The maximum Gasteiger partial charge on any atom is 0.225 e. The van der Waals surface area contributed by atoms with Crippen LogP contribution < -0.4 is 33.9 Å². The number of rotatable bonds is 16. The predicted molar refractivity (Wildman–Crippen MR) is 142 cm³/mol. The molecule has 0 N–H and O–H groups in total. The molecule has 0 unspecified atom stereocenters. The van der Waals surface area contributed by atoms with Gasteiger partial charge in [-0.1, -0.05) is 46.9 Å². The molecule has 0 fully saturated rings. The fourth-order valence-corrected chi connectivity index (χ4v) is 6.39. The monoisotopic (exact) mass is 572 g/mol. The minimum absolute atomic E-state index is 0. The highest BCUT2D eigenvalue weighted by molar-refractivity contribution is 7.09. The van der Waals surface area contributed by atoms with Gasteiger partial charge < -0.3 is 34.3 Å². The molecule has 0 radical (unpaired) electrons. The molecule has 0 aliphatic carbocycles. The lowest BCUT2D eigenvalue weighted by Crippen LogP contribution is -3.00. The molecule has 3 aromatic rings. The van der Waals surface area contributed by atoms with Gasteiger partial charge in [0.2, 0.25) is 11.0 Å². The van der Waals surface area contributed by atoms with Gasteiger partial charge in [-0.25, -0.2) is 0 Å². The van der Waals surface area contributed by atoms with Gasteiger partial charge in [0.15, 0.2) is 11.4 Å². The van der Waals surface area contributed by atoms with Gasteiger partial charge in [0.05, 0.1) is 23.0 Å². The van der Waals surface area contributed by atoms with Crippen LogP contribution in [0.25, 0.3) is 0 Å². The molecule has 0 aliphatic rings. The van der Waals surface area contributed by atoms with Gasteiger partial charge in [-0.05, 0) is 36.8 Å². The molecule has 0 saturated carbocycles. The molecule has 36 heavy (non-hydrogen) atoms. The Labute approximate surface area is 238 Å². The van der Waals surface area contributed by atoms with Gasteiger partial charge in [0, 0.05) is 53.8 Å². The topological polar surface area (TPSA) is 26.2 Å². The van der Waals surface area contributed by atoms with Gasteiger partial charge in [0.25, 0.3) is 0 Å². The molecule has 8 heteroatoms. The number of hydrogen-bond acceptors (Lipinski definition) is 4. The summed E-state index contributed by atoms with van der Waals surface area (Å²) < 4.78 is 15.3. The molecule has 0 atom stereocenters. The molecule has 2 heterocycles. The summed E-state index contributed by atoms with van der Waals surface area (Å²) in [5, 5.41) is 0. The van der Waals surface area contributed by atoms with Crippen LogP contribution in [0.3, 0.4) is 0 Å². The Morgan fingerprint density at radius 1 is 0.667 bits per heavy atom. The van der Waals surface area contributed by atoms with Gasteiger partial charge in [-0.2, -0.15) is 9.13 Å². The average Bonchev–Trinajstić information content (AvgIpc) is 3.38. The van der Waals surface area contributed by atoms with Crippen molar-refractivity contribution >= 4 is 22.7 Å². The summed E-state index contributed by atoms with van der Waals surface area (Å²) in [5.41, 5.74) is 10.3. The summed E-state index contributed by atoms with van der Waals surface area (Å²) in [5.74, 6) is 0. The summed E-state index contributed by atoms with van der Waals surface area (Å²) in [4.78, 5) is 2.90. The van der Waals surface area contributed by atoms with Crippen LogP contribution in [0.5, 0.6) is 0 Å². The van der Waals surface area contributed by atoms with E-state index in [1.165, 1.54) is 70.8 Å². The second-order valence-corrected chi connectivity index (χ2v) is 10.9. The second kappa shape index (κ2) is 18.3. The van der Waals surface area contributed by atoms with Gasteiger partial charge in [-0.3, -0.25) is 0 Å². The quantitative estimate of drug-likeness (QED) is 0.170. The summed E-state index contributed by atoms with van der Waals surface area (Å²) in [7, 11) is 3.55. The molecule has 0 amide bonds. The van der Waals surface area contributed by atoms with E-state index in [0.29, 0.717) is 0 Å². The molecule has 0 saturated heterocycles. The lowest BCUT2D eigenvalue weighted by molar-refractivity contribution is -0.698. The standard InChI is InChI=1S/C28H42N2O2S2.2ClH/c1-23-27(14-18-31-3)33-21-29(23)16-7-5-10-25-12-9-13-26(20-25)11-6-8-17-30-22-34-28(24(30)2)15-19-32-4;;/h9,12-13,20-22H,5-8,10-11,14-19H2,1-4H3;2*1H/q+2;;/p-2. The van der Waals surface area contributed by atoms with E-state index in [2.05, 4.69) is 58.3 Å². The molecule has 202 valence electrons. The van der Waals surface area contributed by atoms with Gasteiger partial charge in [0.1, 0.15) is 13.1 Å². The van der Waals surface area contributed by atoms with E-state index in [9.17, 15) is 0 Å². The van der Waals surface area contributed by atoms with Gasteiger partial charge in [-0.15, -0.1) is 0 Å². The van der Waals surface area contributed by atoms with Crippen LogP contribution in [0, 0.1) is 13.8 Å². The van der Waals surface area contributed by atoms with Crippen molar-refractivity contribution in [2.45, 2.75) is 78.3 Å². The first-order chi connectivity index (χ1) is 16.6. The zero-order chi connectivity index (χ0) is 24.2. The van der Waals surface area contributed by atoms with E-state index in [-0.39, 0.29) is 24.8 Å². The molecular weight excluding hydrogens is 531 g/mol. The van der Waals surface area contributed by atoms with E-state index in [0.717, 1.165) is 39.1 Å². The number of ether oxygens (including phenoxy) is 2. The average molecular weight is 574 g/mol. The first-order valence-electron chi connectivity index (χ1n) is 12.6. The Bertz CT molecular complexity index is 932. The number of methoxy groups -OCH3 is 2. The van der Waals surface area contributed by atoms with E-state index in [1.54, 1.807) is 14.2 Å². The Morgan fingerprint density at radius 3 is 1.53 bits per heavy atom. The molecule has 0 spiro atoms. The highest BCUT2D eigenvalue weighted by Gasteiger charge is 2.15. The van der Waals surface area contributed by atoms with Crippen molar-refractivity contribution in [1.82, 2.24) is 0 Å². The predicted octanol–water partition coefficient (Wildman–Crippen LogP) is -0.567. The summed E-state index contributed by atoms with van der Waals surface area (Å²) in [6.45, 7) is 8.32. The molecule has 0 bridgehead atoms. The Balaban J connectivity index is 0.00000324. The maximum atomic E-state index is 5.23. The zero-order valence-electron chi connectivity index (χ0n) is 22.2. The number of hydrogen-bond donors (Lipinski definition) is 0. The van der Waals surface area contributed by atoms with Crippen molar-refractivity contribution in [2.24, 2.45) is 0 Å². The number of benzene rings is 1. The van der Waals surface area contributed by atoms with Crippen molar-refractivity contribution in [3.63, 3.8) is 0 Å². The third-order valence-corrected chi connectivity index (χ3v) is 8.89. The highest BCUT2D eigenvalue weighted by atomic mass is 35.5. The number of aromatic nitrogens is 2. The fraction of sp³-hybridized carbons (Fsp3) is 0.571. The van der Waals surface area contributed by atoms with E-state index in [4.69, 9.17) is 9.47 Å². The lowest BCUT2D eigenvalue weighted by atomic mass is 10.0. The molecule has 1 aromatic carbocycles. The summed E-state index contributed by atoms with van der Waals surface area (Å²) in [6, 6.07) is 9.25. The van der Waals surface area contributed by atoms with Crippen LogP contribution in [-0.2, 0) is 48.2 Å². The number of aryl methyl sites for hydroxylation is 4. The van der Waals surface area contributed by atoms with Crippen molar-refractivity contribution in [1.29, 1.82) is 0 Å². The maximum absolute atomic E-state index is 5.23. The third-order valence-electron chi connectivity index (χ3n) is 6.60. The number of thiazole rings is 2. The minimum Gasteiger partial charge on any atom is -1.00 e. The normalized spacial score (nSPS) is 10.8. The van der Waals surface area contributed by atoms with Crippen molar-refractivity contribution in [3.05, 3.63) is 67.6 Å². The van der Waals surface area contributed by atoms with Gasteiger partial charge >= 0.3 is 0 Å². The zero-order valence-corrected chi connectivity index (χ0v) is 25.4. The SMILES string of the molecule is COCCc1sc[n+](CCCCc2cccc(CCCC[n+]3csc(CCOC)c3C)c2)c1C.[Cl-].[Cl-]. The minimum atomic E-state index is 0. The fourth-order valence-electron chi connectivity index (χ4n) is 4.38. The number of unbranched alkanes of at least 4 members (excludes halogenated alkanes) is 2. The highest BCUT2D eigenvalue weighted by Crippen LogP contribution is 2.15. The van der Waals surface area contributed by atoms with Crippen LogP contribution in [0.4, 0.5) is 0 Å². The largest absolute Gasteiger partial charge is 1.00 e. The number of halogens is 2. The van der Waals surface area contributed by atoms with Crippen molar-refractivity contribution in [2.75, 3.05) is 27.4 Å². The van der Waals surface area contributed by atoms with E-state index in [1.807, 2.05) is 22.7 Å². The first kappa shape index (κ1) is 33.0. The Kier molecular flexibility index (Phi) is 16.7. The molecular formula is C28H42Cl2N2O2S2. The van der Waals surface area contributed by atoms with Crippen molar-refractivity contribution < 1.29 is 43.4 Å². The van der Waals surface area contributed by atoms with E-state index < -0.39 is 0 Å². The first-order valence-corrected chi connectivity index (χ1v) is 14.4. The molecule has 4 nitrogen and oxygen atoms in total. The summed E-state index contributed by atoms with van der Waals surface area (Å²) >= 11 is 3.72. The Morgan fingerprint density at radius 2 is 1.11 bits per heavy atom. The third kappa shape index (κ3) is 10.4. The summed E-state index contributed by atoms with van der Waals surface area (Å²) in [6.07, 6.45) is 9.29. The number of nitrogens with zero attached hydrogens (tertiary/aromatic N) is 2. The Hall–Kier alpha value is -1.02. The van der Waals surface area contributed by atoms with Crippen LogP contribution >= 0.6 is 22.7 Å². The molecule has 0 aliphatic heterocycles. The molecule has 2 aromatic heterocycles. The van der Waals surface area contributed by atoms with Crippen LogP contribution in [0.1, 0.15) is 58.0 Å². The van der Waals surface area contributed by atoms with Crippen LogP contribution in [0.2, 0.25) is 0 Å². The smallest absolute Gasteiger partial charge is 0.225 e. The van der Waals surface area contributed by atoms with Crippen LogP contribution in [-0.4, -0.2) is 27.4 Å². The second-order valence-electron chi connectivity index (χ2n) is 9.07. The lowest BCUT2D eigenvalue weighted by Gasteiger charge is -2.05. The van der Waals surface area contributed by atoms with E-state index >= 15 is 0 Å². The van der Waals surface area contributed by atoms with Crippen LogP contribution in [0.15, 0.2) is 35.3 Å².